The molecule has 6 nitrogen and oxygen atoms in total. The number of anilines is 1. The van der Waals surface area contributed by atoms with Gasteiger partial charge in [-0.2, -0.15) is 0 Å². The summed E-state index contributed by atoms with van der Waals surface area (Å²) in [6, 6.07) is 17.1. The fourth-order valence-corrected chi connectivity index (χ4v) is 4.42. The molecule has 5 rings (SSSR count). The Labute approximate surface area is 205 Å². The topological polar surface area (TPSA) is 68.9 Å². The number of fused-ring (bicyclic) bond motifs is 3. The zero-order valence-electron chi connectivity index (χ0n) is 19.2. The molecule has 0 unspecified atom stereocenters. The first-order valence-corrected chi connectivity index (χ1v) is 11.5. The molecule has 0 atom stereocenters. The summed E-state index contributed by atoms with van der Waals surface area (Å²) in [5.74, 6) is -0.754. The number of nitrogens with one attached hydrogen (secondary N) is 1. The van der Waals surface area contributed by atoms with Gasteiger partial charge >= 0.3 is 0 Å². The lowest BCUT2D eigenvalue weighted by Crippen LogP contribution is -2.25. The van der Waals surface area contributed by atoms with Crippen LogP contribution in [-0.2, 0) is 17.9 Å². The first-order chi connectivity index (χ1) is 16.8. The molecule has 176 valence electrons. The molecule has 0 aliphatic rings. The molecule has 0 aliphatic carbocycles. The number of amides is 1. The van der Waals surface area contributed by atoms with Gasteiger partial charge in [0.05, 0.1) is 18.4 Å². The van der Waals surface area contributed by atoms with Crippen LogP contribution in [0, 0.1) is 19.7 Å². The molecule has 8 heteroatoms. The molecule has 35 heavy (non-hydrogen) atoms. The normalized spacial score (nSPS) is 11.3. The zero-order chi connectivity index (χ0) is 24.7. The molecule has 1 N–H and O–H groups in total. The highest BCUT2D eigenvalue weighted by molar-refractivity contribution is 6.31. The van der Waals surface area contributed by atoms with E-state index in [0.29, 0.717) is 27.1 Å². The van der Waals surface area contributed by atoms with Crippen molar-refractivity contribution in [2.45, 2.75) is 26.9 Å². The number of carbonyl (C=O) groups excluding carboxylic acids is 1. The van der Waals surface area contributed by atoms with Gasteiger partial charge in [-0.05, 0) is 66.9 Å². The quantitative estimate of drug-likeness (QED) is 0.358. The number of halogens is 2. The average Bonchev–Trinajstić information content (AvgIpc) is 3.12. The largest absolute Gasteiger partial charge is 0.325 e. The van der Waals surface area contributed by atoms with Crippen molar-refractivity contribution in [1.82, 2.24) is 14.1 Å². The summed E-state index contributed by atoms with van der Waals surface area (Å²) in [5, 5.41) is 3.90. The lowest BCUT2D eigenvalue weighted by atomic mass is 10.1. The van der Waals surface area contributed by atoms with Crippen LogP contribution in [0.15, 0.2) is 71.8 Å². The molecule has 2 heterocycles. The molecule has 0 spiro atoms. The van der Waals surface area contributed by atoms with E-state index in [-0.39, 0.29) is 30.1 Å². The van der Waals surface area contributed by atoms with Crippen LogP contribution in [0.1, 0.15) is 16.7 Å². The van der Waals surface area contributed by atoms with Gasteiger partial charge < -0.3 is 9.88 Å². The van der Waals surface area contributed by atoms with Gasteiger partial charge in [0, 0.05) is 16.1 Å². The van der Waals surface area contributed by atoms with Gasteiger partial charge in [0.1, 0.15) is 23.4 Å². The van der Waals surface area contributed by atoms with E-state index in [1.807, 2.05) is 50.2 Å². The Kier molecular flexibility index (Phi) is 5.86. The number of aryl methyl sites for hydroxylation is 2. The maximum absolute atomic E-state index is 14.1. The van der Waals surface area contributed by atoms with Gasteiger partial charge in [0.25, 0.3) is 5.56 Å². The minimum Gasteiger partial charge on any atom is -0.325 e. The highest BCUT2D eigenvalue weighted by Gasteiger charge is 2.19. The Hall–Kier alpha value is -3.97. The number of aromatic nitrogens is 3. The van der Waals surface area contributed by atoms with Gasteiger partial charge in [0.2, 0.25) is 5.91 Å². The molecule has 0 saturated carbocycles. The molecule has 0 fully saturated rings. The second-order valence-corrected chi connectivity index (χ2v) is 8.97. The van der Waals surface area contributed by atoms with E-state index in [1.165, 1.54) is 23.0 Å². The van der Waals surface area contributed by atoms with Crippen molar-refractivity contribution in [1.29, 1.82) is 0 Å². The van der Waals surface area contributed by atoms with Crippen molar-refractivity contribution < 1.29 is 9.18 Å². The van der Waals surface area contributed by atoms with Crippen LogP contribution in [0.25, 0.3) is 21.9 Å². The van der Waals surface area contributed by atoms with Crippen LogP contribution in [0.5, 0.6) is 0 Å². The SMILES string of the molecule is Cc1ccc(NC(=O)Cn2c3ccc(F)cc3c3ncn(Cc4ccccc4Cl)c(=O)c32)cc1C. The molecule has 2 aromatic heterocycles. The van der Waals surface area contributed by atoms with Crippen molar-refractivity contribution in [2.24, 2.45) is 0 Å². The minimum absolute atomic E-state index is 0.133. The van der Waals surface area contributed by atoms with E-state index in [0.717, 1.165) is 16.7 Å². The Balaban J connectivity index is 1.60. The predicted octanol–water partition coefficient (Wildman–Crippen LogP) is 5.45. The summed E-state index contributed by atoms with van der Waals surface area (Å²) < 4.78 is 17.1. The molecule has 0 aliphatic heterocycles. The van der Waals surface area contributed by atoms with Gasteiger partial charge in [-0.25, -0.2) is 9.37 Å². The van der Waals surface area contributed by atoms with E-state index < -0.39 is 5.82 Å². The molecule has 0 radical (unpaired) electrons. The van der Waals surface area contributed by atoms with E-state index >= 15 is 0 Å². The Bertz CT molecular complexity index is 1670. The van der Waals surface area contributed by atoms with Crippen LogP contribution in [0.3, 0.4) is 0 Å². The number of hydrogen-bond acceptors (Lipinski definition) is 3. The molecule has 3 aromatic carbocycles. The maximum Gasteiger partial charge on any atom is 0.278 e. The number of hydrogen-bond donors (Lipinski definition) is 1. The third-order valence-electron chi connectivity index (χ3n) is 6.18. The molecular formula is C27H22ClFN4O2. The van der Waals surface area contributed by atoms with Gasteiger partial charge in [-0.3, -0.25) is 14.2 Å². The van der Waals surface area contributed by atoms with Crippen LogP contribution in [0.4, 0.5) is 10.1 Å². The Morgan fingerprint density at radius 3 is 2.63 bits per heavy atom. The summed E-state index contributed by atoms with van der Waals surface area (Å²) in [6.07, 6.45) is 1.43. The van der Waals surface area contributed by atoms with Crippen LogP contribution >= 0.6 is 11.6 Å². The highest BCUT2D eigenvalue weighted by Crippen LogP contribution is 2.27. The van der Waals surface area contributed by atoms with Gasteiger partial charge in [0.15, 0.2) is 0 Å². The average molecular weight is 489 g/mol. The number of carbonyl (C=O) groups is 1. The van der Waals surface area contributed by atoms with E-state index in [9.17, 15) is 14.0 Å². The summed E-state index contributed by atoms with van der Waals surface area (Å²) >= 11 is 6.29. The standard InChI is InChI=1S/C27H22ClFN4O2/c1-16-7-9-20(11-17(16)2)31-24(34)14-33-23-10-8-19(29)12-21(23)25-26(33)27(35)32(15-30-25)13-18-5-3-4-6-22(18)28/h3-12,15H,13-14H2,1-2H3,(H,31,34). The summed E-state index contributed by atoms with van der Waals surface area (Å²) in [7, 11) is 0. The lowest BCUT2D eigenvalue weighted by molar-refractivity contribution is -0.116. The van der Waals surface area contributed by atoms with Gasteiger partial charge in [-0.1, -0.05) is 35.9 Å². The summed E-state index contributed by atoms with van der Waals surface area (Å²) in [5.41, 5.74) is 4.40. The van der Waals surface area contributed by atoms with Gasteiger partial charge in [-0.15, -0.1) is 0 Å². The first kappa shape index (κ1) is 22.8. The molecule has 0 saturated heterocycles. The monoisotopic (exact) mass is 488 g/mol. The first-order valence-electron chi connectivity index (χ1n) is 11.1. The van der Waals surface area contributed by atoms with Crippen LogP contribution in [-0.4, -0.2) is 20.0 Å². The highest BCUT2D eigenvalue weighted by atomic mass is 35.5. The Morgan fingerprint density at radius 2 is 1.86 bits per heavy atom. The summed E-state index contributed by atoms with van der Waals surface area (Å²) in [6.45, 7) is 4.05. The van der Waals surface area contributed by atoms with E-state index in [2.05, 4.69) is 10.3 Å². The predicted molar refractivity (Wildman–Crippen MR) is 137 cm³/mol. The minimum atomic E-state index is -0.446. The zero-order valence-corrected chi connectivity index (χ0v) is 19.9. The van der Waals surface area contributed by atoms with Crippen molar-refractivity contribution in [2.75, 3.05) is 5.32 Å². The molecule has 0 bridgehead atoms. The summed E-state index contributed by atoms with van der Waals surface area (Å²) in [4.78, 5) is 31.1. The Morgan fingerprint density at radius 1 is 1.06 bits per heavy atom. The fraction of sp³-hybridized carbons (Fsp3) is 0.148. The van der Waals surface area contributed by atoms with Crippen molar-refractivity contribution in [3.8, 4) is 0 Å². The lowest BCUT2D eigenvalue weighted by Gasteiger charge is -2.11. The van der Waals surface area contributed by atoms with Crippen LogP contribution < -0.4 is 10.9 Å². The second kappa shape index (κ2) is 9.00. The molecule has 5 aromatic rings. The number of nitrogens with zero attached hydrogens (tertiary/aromatic N) is 3. The third kappa shape index (κ3) is 4.31. The van der Waals surface area contributed by atoms with E-state index in [1.54, 1.807) is 16.7 Å². The second-order valence-electron chi connectivity index (χ2n) is 8.56. The fourth-order valence-electron chi connectivity index (χ4n) is 4.22. The van der Waals surface area contributed by atoms with Crippen molar-refractivity contribution >= 4 is 45.1 Å². The third-order valence-corrected chi connectivity index (χ3v) is 6.55. The molecule has 1 amide bonds. The maximum atomic E-state index is 14.1. The van der Waals surface area contributed by atoms with Crippen molar-refractivity contribution in [3.05, 3.63) is 105 Å². The van der Waals surface area contributed by atoms with E-state index in [4.69, 9.17) is 11.6 Å². The molecular weight excluding hydrogens is 467 g/mol. The number of rotatable bonds is 5. The smallest absolute Gasteiger partial charge is 0.278 e. The van der Waals surface area contributed by atoms with Crippen molar-refractivity contribution in [3.63, 3.8) is 0 Å². The number of benzene rings is 3. The van der Waals surface area contributed by atoms with Crippen LogP contribution in [0.2, 0.25) is 5.02 Å².